The van der Waals surface area contributed by atoms with Crippen molar-refractivity contribution in [2.75, 3.05) is 11.9 Å². The molecule has 0 unspecified atom stereocenters. The van der Waals surface area contributed by atoms with Gasteiger partial charge in [-0.05, 0) is 67.6 Å². The second-order valence-corrected chi connectivity index (χ2v) is 7.19. The Morgan fingerprint density at radius 3 is 2.41 bits per heavy atom. The molecule has 0 bridgehead atoms. The lowest BCUT2D eigenvalue weighted by Crippen LogP contribution is -2.12. The number of nitrogens with zero attached hydrogens (tertiary/aromatic N) is 2. The van der Waals surface area contributed by atoms with E-state index in [4.69, 9.17) is 4.74 Å². The monoisotopic (exact) mass is 465 g/mol. The predicted octanol–water partition coefficient (Wildman–Crippen LogP) is 5.39. The van der Waals surface area contributed by atoms with Crippen molar-refractivity contribution in [3.63, 3.8) is 0 Å². The lowest BCUT2D eigenvalue weighted by Gasteiger charge is -2.10. The standard InChI is InChI=1S/C25H18F3N3O3/c1-2-34-25(33)22-14-23(31(30-22)19-9-7-17(26)8-10-19)15-4-3-5-18(12-15)29-24(32)16-6-11-20(27)21(28)13-16/h3-14H,2H2,1H3,(H,29,32). The second-order valence-electron chi connectivity index (χ2n) is 7.19. The molecule has 3 aromatic carbocycles. The zero-order valence-electron chi connectivity index (χ0n) is 17.9. The van der Waals surface area contributed by atoms with Gasteiger partial charge in [0.1, 0.15) is 5.82 Å². The molecule has 6 nitrogen and oxygen atoms in total. The fourth-order valence-electron chi connectivity index (χ4n) is 3.27. The number of halogens is 3. The van der Waals surface area contributed by atoms with Crippen molar-refractivity contribution in [1.29, 1.82) is 0 Å². The molecule has 1 aromatic heterocycles. The summed E-state index contributed by atoms with van der Waals surface area (Å²) in [4.78, 5) is 24.8. The van der Waals surface area contributed by atoms with Gasteiger partial charge in [0.05, 0.1) is 18.0 Å². The van der Waals surface area contributed by atoms with E-state index >= 15 is 0 Å². The van der Waals surface area contributed by atoms with Gasteiger partial charge in [0.25, 0.3) is 5.91 Å². The minimum atomic E-state index is -1.13. The first-order valence-corrected chi connectivity index (χ1v) is 10.3. The maximum atomic E-state index is 13.5. The zero-order valence-corrected chi connectivity index (χ0v) is 17.9. The number of rotatable bonds is 6. The molecule has 1 heterocycles. The van der Waals surface area contributed by atoms with Gasteiger partial charge in [-0.25, -0.2) is 22.6 Å². The Labute approximate surface area is 192 Å². The highest BCUT2D eigenvalue weighted by Gasteiger charge is 2.18. The number of aromatic nitrogens is 2. The number of carbonyl (C=O) groups excluding carboxylic acids is 2. The third kappa shape index (κ3) is 4.83. The predicted molar refractivity (Wildman–Crippen MR) is 119 cm³/mol. The van der Waals surface area contributed by atoms with Crippen LogP contribution < -0.4 is 5.32 Å². The van der Waals surface area contributed by atoms with Crippen LogP contribution in [0, 0.1) is 17.5 Å². The number of carbonyl (C=O) groups is 2. The first kappa shape index (κ1) is 22.8. The molecule has 0 spiro atoms. The van der Waals surface area contributed by atoms with E-state index in [0.29, 0.717) is 22.6 Å². The van der Waals surface area contributed by atoms with Gasteiger partial charge in [0.2, 0.25) is 0 Å². The molecule has 0 radical (unpaired) electrons. The molecule has 4 rings (SSSR count). The van der Waals surface area contributed by atoms with Gasteiger partial charge >= 0.3 is 5.97 Å². The number of esters is 1. The van der Waals surface area contributed by atoms with E-state index < -0.39 is 29.3 Å². The maximum absolute atomic E-state index is 13.5. The topological polar surface area (TPSA) is 73.2 Å². The lowest BCUT2D eigenvalue weighted by atomic mass is 10.1. The van der Waals surface area contributed by atoms with Gasteiger partial charge < -0.3 is 10.1 Å². The first-order valence-electron chi connectivity index (χ1n) is 10.3. The molecule has 0 saturated heterocycles. The lowest BCUT2D eigenvalue weighted by molar-refractivity contribution is 0.0518. The Morgan fingerprint density at radius 1 is 0.941 bits per heavy atom. The summed E-state index contributed by atoms with van der Waals surface area (Å²) in [5.74, 6) is -3.85. The van der Waals surface area contributed by atoms with Crippen LogP contribution in [-0.4, -0.2) is 28.3 Å². The van der Waals surface area contributed by atoms with Crippen LogP contribution in [0.3, 0.4) is 0 Å². The van der Waals surface area contributed by atoms with Crippen molar-refractivity contribution in [3.05, 3.63) is 102 Å². The van der Waals surface area contributed by atoms with Crippen LogP contribution in [0.1, 0.15) is 27.8 Å². The van der Waals surface area contributed by atoms with Crippen LogP contribution in [0.25, 0.3) is 16.9 Å². The summed E-state index contributed by atoms with van der Waals surface area (Å²) < 4.78 is 46.6. The Bertz CT molecular complexity index is 1370. The number of hydrogen-bond acceptors (Lipinski definition) is 4. The minimum absolute atomic E-state index is 0.0507. The zero-order chi connectivity index (χ0) is 24.2. The highest BCUT2D eigenvalue weighted by atomic mass is 19.2. The number of hydrogen-bond donors (Lipinski definition) is 1. The van der Waals surface area contributed by atoms with E-state index in [1.54, 1.807) is 31.2 Å². The molecule has 4 aromatic rings. The molecular formula is C25H18F3N3O3. The van der Waals surface area contributed by atoms with Crippen molar-refractivity contribution in [1.82, 2.24) is 9.78 Å². The third-order valence-corrected chi connectivity index (χ3v) is 4.86. The smallest absolute Gasteiger partial charge is 0.358 e. The molecule has 172 valence electrons. The molecule has 0 atom stereocenters. The maximum Gasteiger partial charge on any atom is 0.358 e. The van der Waals surface area contributed by atoms with E-state index in [0.717, 1.165) is 12.1 Å². The molecule has 1 amide bonds. The van der Waals surface area contributed by atoms with Crippen LogP contribution in [0.4, 0.5) is 18.9 Å². The Hall–Kier alpha value is -4.40. The third-order valence-electron chi connectivity index (χ3n) is 4.86. The molecular weight excluding hydrogens is 447 g/mol. The minimum Gasteiger partial charge on any atom is -0.461 e. The molecule has 0 aliphatic heterocycles. The number of amides is 1. The first-order chi connectivity index (χ1) is 16.4. The van der Waals surface area contributed by atoms with E-state index in [1.165, 1.54) is 41.1 Å². The summed E-state index contributed by atoms with van der Waals surface area (Å²) >= 11 is 0. The highest BCUT2D eigenvalue weighted by molar-refractivity contribution is 6.04. The molecule has 0 fully saturated rings. The number of ether oxygens (including phenoxy) is 1. The van der Waals surface area contributed by atoms with Crippen molar-refractivity contribution >= 4 is 17.6 Å². The number of nitrogens with one attached hydrogen (secondary N) is 1. The SMILES string of the molecule is CCOC(=O)c1cc(-c2cccc(NC(=O)c3ccc(F)c(F)c3)c2)n(-c2ccc(F)cc2)n1. The summed E-state index contributed by atoms with van der Waals surface area (Å²) in [5.41, 5.74) is 1.94. The van der Waals surface area contributed by atoms with Crippen molar-refractivity contribution in [2.45, 2.75) is 6.92 Å². The van der Waals surface area contributed by atoms with Gasteiger partial charge in [0, 0.05) is 16.8 Å². The van der Waals surface area contributed by atoms with Gasteiger partial charge in [-0.2, -0.15) is 5.10 Å². The molecule has 0 aliphatic rings. The van der Waals surface area contributed by atoms with Crippen LogP contribution in [0.15, 0.2) is 72.8 Å². The van der Waals surface area contributed by atoms with E-state index in [-0.39, 0.29) is 17.9 Å². The van der Waals surface area contributed by atoms with Crippen LogP contribution >= 0.6 is 0 Å². The average molecular weight is 465 g/mol. The molecule has 0 saturated carbocycles. The molecule has 9 heteroatoms. The summed E-state index contributed by atoms with van der Waals surface area (Å²) in [6.07, 6.45) is 0. The summed E-state index contributed by atoms with van der Waals surface area (Å²) in [7, 11) is 0. The van der Waals surface area contributed by atoms with E-state index in [2.05, 4.69) is 10.4 Å². The molecule has 0 aliphatic carbocycles. The number of benzene rings is 3. The van der Waals surface area contributed by atoms with Crippen LogP contribution in [0.2, 0.25) is 0 Å². The summed E-state index contributed by atoms with van der Waals surface area (Å²) in [6, 6.07) is 16.6. The fraction of sp³-hybridized carbons (Fsp3) is 0.0800. The Morgan fingerprint density at radius 2 is 1.71 bits per heavy atom. The van der Waals surface area contributed by atoms with E-state index in [9.17, 15) is 22.8 Å². The molecule has 1 N–H and O–H groups in total. The molecule has 34 heavy (non-hydrogen) atoms. The number of anilines is 1. The van der Waals surface area contributed by atoms with Gasteiger partial charge in [0.15, 0.2) is 17.3 Å². The highest BCUT2D eigenvalue weighted by Crippen LogP contribution is 2.27. The largest absolute Gasteiger partial charge is 0.461 e. The van der Waals surface area contributed by atoms with Crippen molar-refractivity contribution < 1.29 is 27.5 Å². The van der Waals surface area contributed by atoms with Crippen LogP contribution in [0.5, 0.6) is 0 Å². The fourth-order valence-corrected chi connectivity index (χ4v) is 3.27. The van der Waals surface area contributed by atoms with E-state index in [1.807, 2.05) is 0 Å². The summed E-state index contributed by atoms with van der Waals surface area (Å²) in [6.45, 7) is 1.85. The van der Waals surface area contributed by atoms with Crippen molar-refractivity contribution in [3.8, 4) is 16.9 Å². The average Bonchev–Trinajstić information content (AvgIpc) is 3.27. The summed E-state index contributed by atoms with van der Waals surface area (Å²) in [5, 5.41) is 6.95. The Kier molecular flexibility index (Phi) is 6.44. The van der Waals surface area contributed by atoms with Gasteiger partial charge in [-0.3, -0.25) is 4.79 Å². The normalized spacial score (nSPS) is 10.7. The Balaban J connectivity index is 1.70. The van der Waals surface area contributed by atoms with Gasteiger partial charge in [-0.15, -0.1) is 0 Å². The second kappa shape index (κ2) is 9.62. The van der Waals surface area contributed by atoms with Crippen LogP contribution in [-0.2, 0) is 4.74 Å². The van der Waals surface area contributed by atoms with Gasteiger partial charge in [-0.1, -0.05) is 12.1 Å². The van der Waals surface area contributed by atoms with Crippen molar-refractivity contribution in [2.24, 2.45) is 0 Å². The quantitative estimate of drug-likeness (QED) is 0.388.